The molecule has 0 aliphatic heterocycles. The summed E-state index contributed by atoms with van der Waals surface area (Å²) >= 11 is 6.52. The maximum atomic E-state index is 12.5. The van der Waals surface area contributed by atoms with Crippen molar-refractivity contribution >= 4 is 17.6 Å². The van der Waals surface area contributed by atoms with Crippen LogP contribution in [0, 0.1) is 0 Å². The largest absolute Gasteiger partial charge is 0.458 e. The van der Waals surface area contributed by atoms with Crippen molar-refractivity contribution in [2.75, 3.05) is 7.05 Å². The summed E-state index contributed by atoms with van der Waals surface area (Å²) < 4.78 is 7.54. The molecule has 0 bridgehead atoms. The predicted octanol–water partition coefficient (Wildman–Crippen LogP) is 3.79. The normalized spacial score (nSPS) is 12.9. The zero-order valence-corrected chi connectivity index (χ0v) is 22.4. The molecule has 3 N–H and O–H groups in total. The summed E-state index contributed by atoms with van der Waals surface area (Å²) in [6.07, 6.45) is 1.84. The SMILES string of the molecule is CCCCc1nc(Cl)c(COC(=O)[C@H](NC)C(C)O)n1Cc1ccc(-c2ccccc2-c2nn[nH]n2)cc1. The quantitative estimate of drug-likeness (QED) is 0.233. The van der Waals surface area contributed by atoms with E-state index < -0.39 is 18.1 Å². The van der Waals surface area contributed by atoms with Crippen LogP contribution in [-0.2, 0) is 29.1 Å². The third-order valence-electron chi connectivity index (χ3n) is 6.37. The molecule has 2 atom stereocenters. The van der Waals surface area contributed by atoms with Crippen LogP contribution in [0.4, 0.5) is 0 Å². The molecule has 2 aromatic carbocycles. The first-order valence-electron chi connectivity index (χ1n) is 12.6. The van der Waals surface area contributed by atoms with E-state index in [2.05, 4.69) is 62.1 Å². The van der Waals surface area contributed by atoms with Crippen molar-refractivity contribution < 1.29 is 14.6 Å². The second-order valence-corrected chi connectivity index (χ2v) is 9.41. The molecule has 10 nitrogen and oxygen atoms in total. The van der Waals surface area contributed by atoms with Gasteiger partial charge in [0.25, 0.3) is 0 Å². The lowest BCUT2D eigenvalue weighted by Crippen LogP contribution is -2.43. The summed E-state index contributed by atoms with van der Waals surface area (Å²) in [5.41, 5.74) is 4.58. The molecule has 200 valence electrons. The zero-order valence-electron chi connectivity index (χ0n) is 21.7. The van der Waals surface area contributed by atoms with Gasteiger partial charge in [0, 0.05) is 18.5 Å². The van der Waals surface area contributed by atoms with Gasteiger partial charge in [-0.15, -0.1) is 10.2 Å². The summed E-state index contributed by atoms with van der Waals surface area (Å²) in [5, 5.41) is 27.4. The Kier molecular flexibility index (Phi) is 9.22. The first kappa shape index (κ1) is 27.4. The first-order valence-corrected chi connectivity index (χ1v) is 13.0. The second kappa shape index (κ2) is 12.8. The molecule has 0 spiro atoms. The molecular weight excluding hydrogens is 506 g/mol. The highest BCUT2D eigenvalue weighted by atomic mass is 35.5. The number of aliphatic hydroxyl groups is 1. The molecule has 0 amide bonds. The van der Waals surface area contributed by atoms with E-state index >= 15 is 0 Å². The number of hydrogen-bond donors (Lipinski definition) is 3. The van der Waals surface area contributed by atoms with Crippen LogP contribution in [0.2, 0.25) is 5.15 Å². The Labute approximate surface area is 226 Å². The molecule has 2 heterocycles. The number of H-pyrrole nitrogens is 1. The van der Waals surface area contributed by atoms with Gasteiger partial charge in [0.05, 0.1) is 11.8 Å². The average molecular weight is 538 g/mol. The minimum Gasteiger partial charge on any atom is -0.458 e. The molecule has 0 saturated heterocycles. The van der Waals surface area contributed by atoms with Gasteiger partial charge in [-0.25, -0.2) is 4.98 Å². The van der Waals surface area contributed by atoms with Gasteiger partial charge in [0.2, 0.25) is 5.82 Å². The number of aryl methyl sites for hydroxylation is 1. The minimum atomic E-state index is -0.892. The number of imidazole rings is 1. The summed E-state index contributed by atoms with van der Waals surface area (Å²) in [7, 11) is 1.60. The predicted molar refractivity (Wildman–Crippen MR) is 144 cm³/mol. The summed E-state index contributed by atoms with van der Waals surface area (Å²) in [5.74, 6) is 0.828. The van der Waals surface area contributed by atoms with Gasteiger partial charge in [0.1, 0.15) is 18.5 Å². The number of carbonyl (C=O) groups is 1. The number of aromatic nitrogens is 6. The van der Waals surface area contributed by atoms with E-state index in [1.165, 1.54) is 6.92 Å². The molecule has 11 heteroatoms. The van der Waals surface area contributed by atoms with Gasteiger partial charge < -0.3 is 19.7 Å². The van der Waals surface area contributed by atoms with Crippen LogP contribution in [-0.4, -0.2) is 60.4 Å². The second-order valence-electron chi connectivity index (χ2n) is 9.05. The number of hydrogen-bond acceptors (Lipinski definition) is 8. The number of aliphatic hydroxyl groups excluding tert-OH is 1. The smallest absolute Gasteiger partial charge is 0.326 e. The van der Waals surface area contributed by atoms with Gasteiger partial charge in [-0.1, -0.05) is 73.5 Å². The van der Waals surface area contributed by atoms with Gasteiger partial charge in [-0.2, -0.15) is 5.21 Å². The molecule has 4 rings (SSSR count). The molecule has 0 aliphatic carbocycles. The Hall–Kier alpha value is -3.60. The van der Waals surface area contributed by atoms with Gasteiger partial charge >= 0.3 is 5.97 Å². The molecule has 0 aliphatic rings. The number of esters is 1. The van der Waals surface area contributed by atoms with Crippen LogP contribution < -0.4 is 5.32 Å². The lowest BCUT2D eigenvalue weighted by Gasteiger charge is -2.18. The van der Waals surface area contributed by atoms with E-state index in [0.717, 1.165) is 47.3 Å². The third kappa shape index (κ3) is 6.27. The summed E-state index contributed by atoms with van der Waals surface area (Å²) in [6, 6.07) is 15.3. The van der Waals surface area contributed by atoms with Gasteiger partial charge in [-0.05, 0) is 42.3 Å². The number of likely N-dealkylation sites (N-methyl/N-ethyl adjacent to an activating group) is 1. The fourth-order valence-electron chi connectivity index (χ4n) is 4.32. The highest BCUT2D eigenvalue weighted by Gasteiger charge is 2.25. The van der Waals surface area contributed by atoms with Crippen molar-refractivity contribution in [2.45, 2.75) is 58.4 Å². The number of carbonyl (C=O) groups excluding carboxylic acids is 1. The number of rotatable bonds is 12. The first-order chi connectivity index (χ1) is 18.4. The molecule has 0 fully saturated rings. The van der Waals surface area contributed by atoms with E-state index in [0.29, 0.717) is 23.2 Å². The van der Waals surface area contributed by atoms with Crippen molar-refractivity contribution in [1.29, 1.82) is 0 Å². The molecule has 2 aromatic heterocycles. The number of benzene rings is 2. The van der Waals surface area contributed by atoms with Crippen molar-refractivity contribution in [1.82, 2.24) is 35.5 Å². The Morgan fingerprint density at radius 3 is 2.55 bits per heavy atom. The fraction of sp³-hybridized carbons (Fsp3) is 0.370. The number of unbranched alkanes of at least 4 members (excludes halogenated alkanes) is 1. The van der Waals surface area contributed by atoms with Crippen molar-refractivity contribution in [3.63, 3.8) is 0 Å². The standard InChI is InChI=1S/C27H32ClN7O3/c1-4-5-10-23-30-25(28)22(16-38-27(37)24(29-3)17(2)36)35(23)15-18-11-13-19(14-12-18)20-8-6-7-9-21(20)26-31-33-34-32-26/h6-9,11-14,17,24,29,36H,4-5,10,15-16H2,1-3H3,(H,31,32,33,34)/t17?,24-/m1/s1. The van der Waals surface area contributed by atoms with Crippen molar-refractivity contribution in [3.05, 3.63) is 70.8 Å². The zero-order chi connectivity index (χ0) is 27.1. The fourth-order valence-corrected chi connectivity index (χ4v) is 4.57. The minimum absolute atomic E-state index is 0.0438. The number of nitrogens with zero attached hydrogens (tertiary/aromatic N) is 5. The molecule has 38 heavy (non-hydrogen) atoms. The lowest BCUT2D eigenvalue weighted by molar-refractivity contribution is -0.150. The summed E-state index contributed by atoms with van der Waals surface area (Å²) in [6.45, 7) is 4.13. The van der Waals surface area contributed by atoms with E-state index in [4.69, 9.17) is 16.3 Å². The van der Waals surface area contributed by atoms with Gasteiger partial charge in [-0.3, -0.25) is 4.79 Å². The number of aromatic amines is 1. The van der Waals surface area contributed by atoms with E-state index in [-0.39, 0.29) is 6.61 Å². The van der Waals surface area contributed by atoms with Crippen LogP contribution in [0.5, 0.6) is 0 Å². The maximum absolute atomic E-state index is 12.5. The average Bonchev–Trinajstić information content (AvgIpc) is 3.55. The van der Waals surface area contributed by atoms with E-state index in [1.807, 2.05) is 28.8 Å². The molecule has 0 saturated carbocycles. The number of nitrogens with one attached hydrogen (secondary N) is 2. The Balaban J connectivity index is 1.58. The van der Waals surface area contributed by atoms with E-state index in [9.17, 15) is 9.90 Å². The molecular formula is C27H32ClN7O3. The van der Waals surface area contributed by atoms with Gasteiger partial charge in [0.15, 0.2) is 5.15 Å². The van der Waals surface area contributed by atoms with Crippen molar-refractivity contribution in [2.24, 2.45) is 0 Å². The Morgan fingerprint density at radius 1 is 1.18 bits per heavy atom. The molecule has 4 aromatic rings. The Bertz CT molecular complexity index is 1340. The van der Waals surface area contributed by atoms with Crippen LogP contribution in [0.1, 0.15) is 43.8 Å². The van der Waals surface area contributed by atoms with Crippen LogP contribution in [0.25, 0.3) is 22.5 Å². The summed E-state index contributed by atoms with van der Waals surface area (Å²) in [4.78, 5) is 17.1. The molecule has 1 unspecified atom stereocenters. The topological polar surface area (TPSA) is 131 Å². The van der Waals surface area contributed by atoms with Crippen LogP contribution in [0.3, 0.4) is 0 Å². The molecule has 0 radical (unpaired) electrons. The monoisotopic (exact) mass is 537 g/mol. The van der Waals surface area contributed by atoms with Crippen molar-refractivity contribution in [3.8, 4) is 22.5 Å². The number of ether oxygens (including phenoxy) is 1. The van der Waals surface area contributed by atoms with Crippen LogP contribution >= 0.6 is 11.6 Å². The number of tetrazole rings is 1. The highest BCUT2D eigenvalue weighted by Crippen LogP contribution is 2.30. The Morgan fingerprint density at radius 2 is 1.92 bits per heavy atom. The maximum Gasteiger partial charge on any atom is 0.326 e. The highest BCUT2D eigenvalue weighted by molar-refractivity contribution is 6.30. The third-order valence-corrected chi connectivity index (χ3v) is 6.68. The van der Waals surface area contributed by atoms with Crippen LogP contribution in [0.15, 0.2) is 48.5 Å². The lowest BCUT2D eigenvalue weighted by atomic mass is 9.98. The number of halogens is 1. The van der Waals surface area contributed by atoms with E-state index in [1.54, 1.807) is 7.05 Å².